The summed E-state index contributed by atoms with van der Waals surface area (Å²) < 4.78 is 6.10. The fourth-order valence-electron chi connectivity index (χ4n) is 4.85. The molecule has 3 heterocycles. The van der Waals surface area contributed by atoms with E-state index in [1.807, 2.05) is 57.6 Å². The Labute approximate surface area is 182 Å². The summed E-state index contributed by atoms with van der Waals surface area (Å²) in [4.78, 5) is 29.7. The van der Waals surface area contributed by atoms with Crippen LogP contribution in [0, 0.1) is 17.8 Å². The summed E-state index contributed by atoms with van der Waals surface area (Å²) in [6.45, 7) is 5.49. The summed E-state index contributed by atoms with van der Waals surface area (Å²) in [5, 5.41) is 2.02. The highest BCUT2D eigenvalue weighted by Gasteiger charge is 2.41. The number of carbonyl (C=O) groups is 2. The molecule has 2 aromatic rings. The molecule has 1 aromatic carbocycles. The molecule has 1 aromatic heterocycles. The van der Waals surface area contributed by atoms with Crippen LogP contribution in [0.4, 0.5) is 0 Å². The number of para-hydroxylation sites is 1. The van der Waals surface area contributed by atoms with E-state index in [9.17, 15) is 9.59 Å². The lowest BCUT2D eigenvalue weighted by Crippen LogP contribution is -2.40. The van der Waals surface area contributed by atoms with Gasteiger partial charge in [0.1, 0.15) is 5.75 Å². The Morgan fingerprint density at radius 3 is 2.47 bits per heavy atom. The van der Waals surface area contributed by atoms with E-state index in [4.69, 9.17) is 4.74 Å². The second kappa shape index (κ2) is 9.65. The highest BCUT2D eigenvalue weighted by atomic mass is 32.1. The maximum Gasteiger partial charge on any atom is 0.227 e. The van der Waals surface area contributed by atoms with Gasteiger partial charge in [0.25, 0.3) is 0 Å². The zero-order valence-electron chi connectivity index (χ0n) is 17.5. The SMILES string of the molecule is CC(=O)N1CCC([C@@H]2CN(C(=O)Cc3cccs3)C[C@H]2COc2ccccc2)CC1. The van der Waals surface area contributed by atoms with Gasteiger partial charge in [0.05, 0.1) is 13.0 Å². The smallest absolute Gasteiger partial charge is 0.227 e. The van der Waals surface area contributed by atoms with E-state index in [0.717, 1.165) is 49.6 Å². The Hall–Kier alpha value is -2.34. The molecule has 2 amide bonds. The van der Waals surface area contributed by atoms with E-state index >= 15 is 0 Å². The molecule has 5 nitrogen and oxygen atoms in total. The van der Waals surface area contributed by atoms with Crippen LogP contribution in [0.2, 0.25) is 0 Å². The van der Waals surface area contributed by atoms with Gasteiger partial charge in [-0.2, -0.15) is 0 Å². The monoisotopic (exact) mass is 426 g/mol. The van der Waals surface area contributed by atoms with Crippen molar-refractivity contribution in [3.8, 4) is 5.75 Å². The molecule has 6 heteroatoms. The van der Waals surface area contributed by atoms with Crippen molar-refractivity contribution in [1.82, 2.24) is 9.80 Å². The first-order valence-electron chi connectivity index (χ1n) is 10.8. The van der Waals surface area contributed by atoms with E-state index in [1.165, 1.54) is 0 Å². The van der Waals surface area contributed by atoms with Crippen LogP contribution in [0.25, 0.3) is 0 Å². The van der Waals surface area contributed by atoms with Crippen LogP contribution >= 0.6 is 11.3 Å². The van der Waals surface area contributed by atoms with Crippen molar-refractivity contribution in [3.05, 3.63) is 52.7 Å². The predicted molar refractivity (Wildman–Crippen MR) is 118 cm³/mol. The number of rotatable bonds is 6. The summed E-state index contributed by atoms with van der Waals surface area (Å²) in [6, 6.07) is 13.9. The topological polar surface area (TPSA) is 49.9 Å². The van der Waals surface area contributed by atoms with Crippen LogP contribution in [0.1, 0.15) is 24.6 Å². The van der Waals surface area contributed by atoms with Crippen molar-refractivity contribution in [1.29, 1.82) is 0 Å². The first kappa shape index (κ1) is 20.9. The lowest BCUT2D eigenvalue weighted by Gasteiger charge is -2.36. The maximum atomic E-state index is 12.9. The molecule has 2 aliphatic heterocycles. The largest absolute Gasteiger partial charge is 0.493 e. The van der Waals surface area contributed by atoms with Gasteiger partial charge in [-0.15, -0.1) is 11.3 Å². The normalized spacial score (nSPS) is 22.3. The number of amides is 2. The predicted octanol–water partition coefficient (Wildman–Crippen LogP) is 3.70. The molecule has 2 aliphatic rings. The minimum Gasteiger partial charge on any atom is -0.493 e. The van der Waals surface area contributed by atoms with Gasteiger partial charge in [-0.3, -0.25) is 9.59 Å². The highest BCUT2D eigenvalue weighted by molar-refractivity contribution is 7.10. The molecular formula is C24H30N2O3S. The summed E-state index contributed by atoms with van der Waals surface area (Å²) in [6.07, 6.45) is 2.51. The van der Waals surface area contributed by atoms with E-state index < -0.39 is 0 Å². The summed E-state index contributed by atoms with van der Waals surface area (Å²) in [5.41, 5.74) is 0. The number of likely N-dealkylation sites (tertiary alicyclic amines) is 2. The molecule has 0 bridgehead atoms. The first-order valence-corrected chi connectivity index (χ1v) is 11.7. The van der Waals surface area contributed by atoms with Crippen molar-refractivity contribution < 1.29 is 14.3 Å². The molecule has 0 saturated carbocycles. The minimum absolute atomic E-state index is 0.164. The molecule has 0 spiro atoms. The second-order valence-electron chi connectivity index (χ2n) is 8.45. The van der Waals surface area contributed by atoms with Crippen molar-refractivity contribution in [2.75, 3.05) is 32.8 Å². The zero-order valence-corrected chi connectivity index (χ0v) is 18.4. The van der Waals surface area contributed by atoms with Gasteiger partial charge in [-0.05, 0) is 48.3 Å². The van der Waals surface area contributed by atoms with Gasteiger partial charge in [-0.25, -0.2) is 0 Å². The van der Waals surface area contributed by atoms with Crippen LogP contribution in [0.5, 0.6) is 5.75 Å². The standard InChI is InChI=1S/C24H30N2O3S/c1-18(27)25-11-9-19(10-12-25)23-16-26(24(28)14-22-8-5-13-30-22)15-20(23)17-29-21-6-3-2-4-7-21/h2-8,13,19-20,23H,9-12,14-17H2,1H3/t20-,23-/m0/s1. The molecule has 0 aliphatic carbocycles. The van der Waals surface area contributed by atoms with Crippen molar-refractivity contribution in [3.63, 3.8) is 0 Å². The molecular weight excluding hydrogens is 396 g/mol. The molecule has 0 N–H and O–H groups in total. The van der Waals surface area contributed by atoms with Gasteiger partial charge in [0, 0.05) is 43.9 Å². The van der Waals surface area contributed by atoms with E-state index in [-0.39, 0.29) is 11.8 Å². The second-order valence-corrected chi connectivity index (χ2v) is 9.48. The Bertz CT molecular complexity index is 831. The third kappa shape index (κ3) is 5.04. The van der Waals surface area contributed by atoms with Crippen molar-refractivity contribution >= 4 is 23.2 Å². The lowest BCUT2D eigenvalue weighted by atomic mass is 9.78. The maximum absolute atomic E-state index is 12.9. The number of hydrogen-bond donors (Lipinski definition) is 0. The Balaban J connectivity index is 1.42. The average Bonchev–Trinajstić information content (AvgIpc) is 3.43. The van der Waals surface area contributed by atoms with E-state index in [2.05, 4.69) is 0 Å². The number of piperidine rings is 1. The summed E-state index contributed by atoms with van der Waals surface area (Å²) in [5.74, 6) is 2.54. The van der Waals surface area contributed by atoms with E-state index in [0.29, 0.717) is 30.8 Å². The molecule has 2 saturated heterocycles. The number of carbonyl (C=O) groups excluding carboxylic acids is 2. The molecule has 4 rings (SSSR count). The molecule has 160 valence electrons. The minimum atomic E-state index is 0.164. The lowest BCUT2D eigenvalue weighted by molar-refractivity contribution is -0.130. The van der Waals surface area contributed by atoms with Gasteiger partial charge >= 0.3 is 0 Å². The molecule has 2 fully saturated rings. The van der Waals surface area contributed by atoms with E-state index in [1.54, 1.807) is 18.3 Å². The van der Waals surface area contributed by atoms with Crippen molar-refractivity contribution in [2.24, 2.45) is 17.8 Å². The number of ether oxygens (including phenoxy) is 1. The van der Waals surface area contributed by atoms with Gasteiger partial charge in [0.2, 0.25) is 11.8 Å². The van der Waals surface area contributed by atoms with Crippen LogP contribution in [-0.4, -0.2) is 54.4 Å². The molecule has 30 heavy (non-hydrogen) atoms. The Morgan fingerprint density at radius 2 is 1.80 bits per heavy atom. The van der Waals surface area contributed by atoms with Gasteiger partial charge < -0.3 is 14.5 Å². The van der Waals surface area contributed by atoms with Crippen LogP contribution in [0.3, 0.4) is 0 Å². The molecule has 0 unspecified atom stereocenters. The van der Waals surface area contributed by atoms with Crippen molar-refractivity contribution in [2.45, 2.75) is 26.2 Å². The number of nitrogens with zero attached hydrogens (tertiary/aromatic N) is 2. The first-order chi connectivity index (χ1) is 14.6. The molecule has 2 atom stereocenters. The fourth-order valence-corrected chi connectivity index (χ4v) is 5.54. The Morgan fingerprint density at radius 1 is 1.03 bits per heavy atom. The number of hydrogen-bond acceptors (Lipinski definition) is 4. The van der Waals surface area contributed by atoms with Crippen LogP contribution < -0.4 is 4.74 Å². The average molecular weight is 427 g/mol. The highest BCUT2D eigenvalue weighted by Crippen LogP contribution is 2.36. The third-order valence-electron chi connectivity index (χ3n) is 6.55. The van der Waals surface area contributed by atoms with Gasteiger partial charge in [0.15, 0.2) is 0 Å². The Kier molecular flexibility index (Phi) is 6.72. The number of thiophene rings is 1. The van der Waals surface area contributed by atoms with Crippen LogP contribution in [0.15, 0.2) is 47.8 Å². The quantitative estimate of drug-likeness (QED) is 0.708. The third-order valence-corrected chi connectivity index (χ3v) is 7.42. The van der Waals surface area contributed by atoms with Crippen LogP contribution in [-0.2, 0) is 16.0 Å². The summed E-state index contributed by atoms with van der Waals surface area (Å²) in [7, 11) is 0. The fraction of sp³-hybridized carbons (Fsp3) is 0.500. The number of benzene rings is 1. The van der Waals surface area contributed by atoms with Gasteiger partial charge in [-0.1, -0.05) is 24.3 Å². The summed E-state index contributed by atoms with van der Waals surface area (Å²) >= 11 is 1.64. The molecule has 0 radical (unpaired) electrons. The zero-order chi connectivity index (χ0) is 20.9.